The van der Waals surface area contributed by atoms with E-state index in [1.165, 1.54) is 0 Å². The summed E-state index contributed by atoms with van der Waals surface area (Å²) in [5, 5.41) is 1.07. The van der Waals surface area contributed by atoms with Crippen molar-refractivity contribution in [2.75, 3.05) is 13.2 Å². The molecule has 1 saturated heterocycles. The molecule has 0 aliphatic carbocycles. The van der Waals surface area contributed by atoms with Crippen LogP contribution in [0.2, 0.25) is 0 Å². The van der Waals surface area contributed by atoms with Gasteiger partial charge in [0.2, 0.25) is 11.6 Å². The Morgan fingerprint density at radius 2 is 2.04 bits per heavy atom. The van der Waals surface area contributed by atoms with E-state index in [-0.39, 0.29) is 37.3 Å². The van der Waals surface area contributed by atoms with E-state index in [0.717, 1.165) is 29.9 Å². The van der Waals surface area contributed by atoms with Gasteiger partial charge in [0.1, 0.15) is 0 Å². The van der Waals surface area contributed by atoms with Crippen LogP contribution in [0.15, 0.2) is 30.3 Å². The first-order chi connectivity index (χ1) is 12.0. The summed E-state index contributed by atoms with van der Waals surface area (Å²) in [5.74, 6) is -1.23. The van der Waals surface area contributed by atoms with E-state index in [2.05, 4.69) is 6.92 Å². The van der Waals surface area contributed by atoms with Gasteiger partial charge < -0.3 is 4.74 Å². The second kappa shape index (κ2) is 10.5. The smallest absolute Gasteiger partial charge is 0.349 e. The van der Waals surface area contributed by atoms with Crippen LogP contribution in [-0.4, -0.2) is 35.8 Å². The fourth-order valence-electron chi connectivity index (χ4n) is 2.82. The summed E-state index contributed by atoms with van der Waals surface area (Å²) in [6.45, 7) is 4.42. The zero-order valence-electron chi connectivity index (χ0n) is 15.5. The zero-order valence-corrected chi connectivity index (χ0v) is 16.3. The van der Waals surface area contributed by atoms with Crippen molar-refractivity contribution in [2.24, 2.45) is 11.7 Å². The molecule has 2 rings (SSSR count). The van der Waals surface area contributed by atoms with Crippen LogP contribution in [0.4, 0.5) is 0 Å². The minimum atomic E-state index is -1.56. The highest BCUT2D eigenvalue weighted by Crippen LogP contribution is 2.29. The first-order valence-electron chi connectivity index (χ1n) is 8.96. The number of amides is 1. The lowest BCUT2D eigenvalue weighted by atomic mass is 9.97. The Bertz CT molecular complexity index is 584. The lowest BCUT2D eigenvalue weighted by molar-refractivity contribution is -0.227. The van der Waals surface area contributed by atoms with E-state index in [9.17, 15) is 9.59 Å². The van der Waals surface area contributed by atoms with E-state index >= 15 is 0 Å². The molecule has 6 nitrogen and oxygen atoms in total. The Labute approximate surface area is 161 Å². The summed E-state index contributed by atoms with van der Waals surface area (Å²) in [7, 11) is 0. The Hall–Kier alpha value is -1.63. The predicted molar refractivity (Wildman–Crippen MR) is 101 cm³/mol. The number of hydrogen-bond acceptors (Lipinski definition) is 5. The summed E-state index contributed by atoms with van der Waals surface area (Å²) >= 11 is 0. The average Bonchev–Trinajstić information content (AvgIpc) is 2.88. The van der Waals surface area contributed by atoms with E-state index in [1.54, 1.807) is 6.92 Å². The zero-order chi connectivity index (χ0) is 18.3. The van der Waals surface area contributed by atoms with E-state index in [1.807, 2.05) is 30.3 Å². The Morgan fingerprint density at radius 1 is 1.35 bits per heavy atom. The van der Waals surface area contributed by atoms with Gasteiger partial charge in [-0.15, -0.1) is 12.4 Å². The molecular weight excluding hydrogens is 356 g/mol. The standard InChI is InChI=1S/C19H28N2O4.ClH/c1-3-4-8-13-25-21(19(20)15(2)14-24-18(19)23)17(22)12-11-16-9-6-5-7-10-16;/h5-7,9-10,15H,3-4,8,11-14,20H2,1-2H3;1H/t15-,19+;/m1./s1. The number of aryl methyl sites for hydroxylation is 1. The summed E-state index contributed by atoms with van der Waals surface area (Å²) in [5.41, 5.74) is 5.78. The van der Waals surface area contributed by atoms with Crippen LogP contribution >= 0.6 is 12.4 Å². The molecule has 7 heteroatoms. The van der Waals surface area contributed by atoms with E-state index in [0.29, 0.717) is 13.0 Å². The molecule has 2 N–H and O–H groups in total. The van der Waals surface area contributed by atoms with Crippen LogP contribution in [0, 0.1) is 5.92 Å². The Kier molecular flexibility index (Phi) is 9.05. The Balaban J connectivity index is 0.00000338. The van der Waals surface area contributed by atoms with Crippen molar-refractivity contribution in [1.82, 2.24) is 5.06 Å². The van der Waals surface area contributed by atoms with Crippen LogP contribution in [0.5, 0.6) is 0 Å². The van der Waals surface area contributed by atoms with Gasteiger partial charge in [-0.25, -0.2) is 4.79 Å². The summed E-state index contributed by atoms with van der Waals surface area (Å²) in [6, 6.07) is 9.72. The third-order valence-corrected chi connectivity index (χ3v) is 4.54. The number of carbonyl (C=O) groups excluding carboxylic acids is 2. The molecule has 1 aliphatic rings. The van der Waals surface area contributed by atoms with Crippen LogP contribution in [-0.2, 0) is 25.6 Å². The summed E-state index contributed by atoms with van der Waals surface area (Å²) in [4.78, 5) is 30.7. The Morgan fingerprint density at radius 3 is 2.62 bits per heavy atom. The number of rotatable bonds is 9. The van der Waals surface area contributed by atoms with Crippen molar-refractivity contribution in [2.45, 2.75) is 51.6 Å². The van der Waals surface area contributed by atoms with Crippen LogP contribution in [0.3, 0.4) is 0 Å². The van der Waals surface area contributed by atoms with E-state index < -0.39 is 11.6 Å². The van der Waals surface area contributed by atoms with Gasteiger partial charge in [0, 0.05) is 12.3 Å². The lowest BCUT2D eigenvalue weighted by Gasteiger charge is -2.36. The number of hydrogen-bond donors (Lipinski definition) is 1. The molecule has 0 bridgehead atoms. The molecule has 0 radical (unpaired) electrons. The van der Waals surface area contributed by atoms with Gasteiger partial charge in [0.05, 0.1) is 13.2 Å². The highest BCUT2D eigenvalue weighted by atomic mass is 35.5. The largest absolute Gasteiger partial charge is 0.462 e. The van der Waals surface area contributed by atoms with E-state index in [4.69, 9.17) is 15.3 Å². The van der Waals surface area contributed by atoms with Crippen LogP contribution < -0.4 is 5.73 Å². The average molecular weight is 385 g/mol. The van der Waals surface area contributed by atoms with Gasteiger partial charge in [-0.05, 0) is 18.4 Å². The van der Waals surface area contributed by atoms with Crippen molar-refractivity contribution in [3.05, 3.63) is 35.9 Å². The van der Waals surface area contributed by atoms with Crippen LogP contribution in [0.25, 0.3) is 0 Å². The van der Waals surface area contributed by atoms with Gasteiger partial charge in [0.25, 0.3) is 0 Å². The fourth-order valence-corrected chi connectivity index (χ4v) is 2.82. The number of esters is 1. The second-order valence-electron chi connectivity index (χ2n) is 6.54. The number of ether oxygens (including phenoxy) is 1. The number of hydroxylamine groups is 2. The van der Waals surface area contributed by atoms with Crippen molar-refractivity contribution in [3.8, 4) is 0 Å². The summed E-state index contributed by atoms with van der Waals surface area (Å²) < 4.78 is 5.06. The summed E-state index contributed by atoms with van der Waals surface area (Å²) in [6.07, 6.45) is 3.62. The molecule has 0 aromatic heterocycles. The molecule has 0 spiro atoms. The molecule has 0 unspecified atom stereocenters. The van der Waals surface area contributed by atoms with Gasteiger partial charge in [0.15, 0.2) is 0 Å². The second-order valence-corrected chi connectivity index (χ2v) is 6.54. The van der Waals surface area contributed by atoms with Crippen molar-refractivity contribution >= 4 is 24.3 Å². The third-order valence-electron chi connectivity index (χ3n) is 4.54. The minimum absolute atomic E-state index is 0. The number of carbonyl (C=O) groups is 2. The van der Waals surface area contributed by atoms with Gasteiger partial charge >= 0.3 is 5.97 Å². The molecule has 0 saturated carbocycles. The first kappa shape index (κ1) is 22.4. The van der Waals surface area contributed by atoms with Crippen molar-refractivity contribution in [3.63, 3.8) is 0 Å². The molecule has 1 aromatic rings. The lowest BCUT2D eigenvalue weighted by Crippen LogP contribution is -2.64. The third kappa shape index (κ3) is 5.19. The molecule has 1 heterocycles. The maximum Gasteiger partial charge on any atom is 0.349 e. The molecular formula is C19H29ClN2O4. The fraction of sp³-hybridized carbons (Fsp3) is 0.579. The van der Waals surface area contributed by atoms with Gasteiger partial charge in [-0.3, -0.25) is 15.4 Å². The van der Waals surface area contributed by atoms with Gasteiger partial charge in [-0.1, -0.05) is 57.0 Å². The SMILES string of the molecule is CCCCCON(C(=O)CCc1ccccc1)[C@]1(N)C(=O)OC[C@H]1C.Cl. The van der Waals surface area contributed by atoms with Crippen molar-refractivity contribution < 1.29 is 19.2 Å². The molecule has 1 aliphatic heterocycles. The number of nitrogens with two attached hydrogens (primary N) is 1. The molecule has 1 amide bonds. The molecule has 146 valence electrons. The molecule has 1 aromatic carbocycles. The highest BCUT2D eigenvalue weighted by Gasteiger charge is 2.54. The monoisotopic (exact) mass is 384 g/mol. The quantitative estimate of drug-likeness (QED) is 0.306. The van der Waals surface area contributed by atoms with Crippen molar-refractivity contribution in [1.29, 1.82) is 0 Å². The topological polar surface area (TPSA) is 81.9 Å². The van der Waals surface area contributed by atoms with Crippen LogP contribution in [0.1, 0.15) is 45.1 Å². The number of cyclic esters (lactones) is 1. The number of halogens is 1. The number of benzene rings is 1. The van der Waals surface area contributed by atoms with Gasteiger partial charge in [-0.2, -0.15) is 5.06 Å². The number of unbranched alkanes of at least 4 members (excludes halogenated alkanes) is 2. The molecule has 2 atom stereocenters. The molecule has 26 heavy (non-hydrogen) atoms. The number of nitrogens with zero attached hydrogens (tertiary/aromatic N) is 1. The molecule has 1 fully saturated rings. The highest BCUT2D eigenvalue weighted by molar-refractivity contribution is 5.88. The predicted octanol–water partition coefficient (Wildman–Crippen LogP) is 2.84. The maximum atomic E-state index is 12.8. The first-order valence-corrected chi connectivity index (χ1v) is 8.96. The minimum Gasteiger partial charge on any atom is -0.462 e. The normalized spacial score (nSPS) is 21.8. The maximum absolute atomic E-state index is 12.8.